The quantitative estimate of drug-likeness (QED) is 0.697. The van der Waals surface area contributed by atoms with E-state index in [9.17, 15) is 9.13 Å². The molecular formula is C9H23O7P2+. The van der Waals surface area contributed by atoms with E-state index in [0.717, 1.165) is 12.4 Å². The van der Waals surface area contributed by atoms with Gasteiger partial charge in [-0.15, -0.1) is 9.05 Å². The Morgan fingerprint density at radius 2 is 1.44 bits per heavy atom. The molecule has 0 radical (unpaired) electrons. The van der Waals surface area contributed by atoms with E-state index >= 15 is 0 Å². The van der Waals surface area contributed by atoms with Crippen LogP contribution in [-0.2, 0) is 32.0 Å². The second-order valence-electron chi connectivity index (χ2n) is 2.25. The second-order valence-corrected chi connectivity index (χ2v) is 5.61. The van der Waals surface area contributed by atoms with E-state index in [1.54, 1.807) is 7.11 Å². The van der Waals surface area contributed by atoms with Crippen molar-refractivity contribution in [3.63, 3.8) is 0 Å². The molecule has 0 aromatic heterocycles. The molecule has 18 heavy (non-hydrogen) atoms. The summed E-state index contributed by atoms with van der Waals surface area (Å²) in [4.78, 5) is 0. The SMILES string of the molecule is C=CP(=O)(OC)OC.CCOC.CO[P+](=O)OC. The molecule has 0 aliphatic rings. The first-order valence-corrected chi connectivity index (χ1v) is 7.51. The molecule has 0 aromatic rings. The van der Waals surface area contributed by atoms with Gasteiger partial charge < -0.3 is 13.8 Å². The third-order valence-electron chi connectivity index (χ3n) is 1.32. The molecule has 0 amide bonds. The molecule has 0 atom stereocenters. The van der Waals surface area contributed by atoms with Crippen LogP contribution in [0.4, 0.5) is 0 Å². The highest BCUT2D eigenvalue weighted by Gasteiger charge is 2.13. The molecule has 0 aliphatic carbocycles. The fourth-order valence-corrected chi connectivity index (χ4v) is 0.894. The van der Waals surface area contributed by atoms with Crippen LogP contribution in [0.2, 0.25) is 0 Å². The maximum absolute atomic E-state index is 10.8. The van der Waals surface area contributed by atoms with Gasteiger partial charge in [-0.05, 0) is 6.92 Å². The minimum Gasteiger partial charge on any atom is -0.385 e. The van der Waals surface area contributed by atoms with Gasteiger partial charge in [-0.1, -0.05) is 6.58 Å². The smallest absolute Gasteiger partial charge is 0.385 e. The number of hydrogen-bond donors (Lipinski definition) is 0. The van der Waals surface area contributed by atoms with Gasteiger partial charge in [0, 0.05) is 38.3 Å². The van der Waals surface area contributed by atoms with Crippen molar-refractivity contribution in [3.8, 4) is 0 Å². The molecule has 9 heteroatoms. The molecule has 0 saturated heterocycles. The Hall–Kier alpha value is -0.130. The van der Waals surface area contributed by atoms with Crippen LogP contribution in [0, 0.1) is 0 Å². The lowest BCUT2D eigenvalue weighted by Gasteiger charge is -2.05. The first-order chi connectivity index (χ1) is 8.40. The lowest BCUT2D eigenvalue weighted by Crippen LogP contribution is -1.81. The average molecular weight is 305 g/mol. The van der Waals surface area contributed by atoms with E-state index < -0.39 is 15.9 Å². The molecule has 0 spiro atoms. The highest BCUT2D eigenvalue weighted by atomic mass is 31.2. The predicted octanol–water partition coefficient (Wildman–Crippen LogP) is 3.21. The number of ether oxygens (including phenoxy) is 1. The third kappa shape index (κ3) is 18.2. The monoisotopic (exact) mass is 305 g/mol. The molecule has 0 unspecified atom stereocenters. The van der Waals surface area contributed by atoms with Crippen LogP contribution in [0.3, 0.4) is 0 Å². The lowest BCUT2D eigenvalue weighted by molar-refractivity contribution is 0.215. The van der Waals surface area contributed by atoms with Gasteiger partial charge in [-0.25, -0.2) is 0 Å². The van der Waals surface area contributed by atoms with E-state index in [-0.39, 0.29) is 0 Å². The topological polar surface area (TPSA) is 80.3 Å². The molecule has 0 aliphatic heterocycles. The Bertz CT molecular complexity index is 229. The van der Waals surface area contributed by atoms with Crippen molar-refractivity contribution in [2.45, 2.75) is 6.92 Å². The fourth-order valence-electron chi connectivity index (χ4n) is 0.298. The largest absolute Gasteiger partial charge is 0.696 e. The van der Waals surface area contributed by atoms with E-state index in [1.807, 2.05) is 6.92 Å². The molecule has 0 bridgehead atoms. The number of hydrogen-bond acceptors (Lipinski definition) is 7. The zero-order valence-corrected chi connectivity index (χ0v) is 13.5. The van der Waals surface area contributed by atoms with Gasteiger partial charge in [-0.3, -0.25) is 4.57 Å². The lowest BCUT2D eigenvalue weighted by atomic mass is 10.9. The van der Waals surface area contributed by atoms with Crippen LogP contribution >= 0.6 is 15.9 Å². The average Bonchev–Trinajstić information content (AvgIpc) is 2.46. The summed E-state index contributed by atoms with van der Waals surface area (Å²) in [5.41, 5.74) is 0. The second kappa shape index (κ2) is 16.9. The van der Waals surface area contributed by atoms with Gasteiger partial charge in [0.1, 0.15) is 0 Å². The molecule has 7 nitrogen and oxygen atoms in total. The maximum Gasteiger partial charge on any atom is 0.696 e. The summed E-state index contributed by atoms with van der Waals surface area (Å²) in [7, 11) is 2.22. The Balaban J connectivity index is -0.000000200. The van der Waals surface area contributed by atoms with Crippen molar-refractivity contribution in [1.82, 2.24) is 0 Å². The summed E-state index contributed by atoms with van der Waals surface area (Å²) < 4.78 is 42.5. The van der Waals surface area contributed by atoms with Gasteiger partial charge >= 0.3 is 15.9 Å². The Morgan fingerprint density at radius 1 is 1.11 bits per heavy atom. The molecule has 110 valence electrons. The maximum atomic E-state index is 10.8. The Labute approximate surface area is 110 Å². The normalized spacial score (nSPS) is 9.44. The fraction of sp³-hybridized carbons (Fsp3) is 0.778. The Morgan fingerprint density at radius 3 is 1.44 bits per heavy atom. The minimum absolute atomic E-state index is 0.819. The van der Waals surface area contributed by atoms with E-state index in [0.29, 0.717) is 0 Å². The third-order valence-corrected chi connectivity index (χ3v) is 3.38. The van der Waals surface area contributed by atoms with Crippen molar-refractivity contribution >= 4 is 15.9 Å². The van der Waals surface area contributed by atoms with Crippen molar-refractivity contribution in [2.24, 2.45) is 0 Å². The van der Waals surface area contributed by atoms with Gasteiger partial charge in [0.2, 0.25) is 0 Å². The van der Waals surface area contributed by atoms with E-state index in [4.69, 9.17) is 0 Å². The number of methoxy groups -OCH3 is 1. The van der Waals surface area contributed by atoms with Crippen molar-refractivity contribution < 1.29 is 32.0 Å². The van der Waals surface area contributed by atoms with Crippen LogP contribution in [-0.4, -0.2) is 42.2 Å². The van der Waals surface area contributed by atoms with Crippen LogP contribution < -0.4 is 0 Å². The summed E-state index contributed by atoms with van der Waals surface area (Å²) in [5.74, 6) is 1.16. The molecule has 0 heterocycles. The zero-order chi connectivity index (χ0) is 15.0. The van der Waals surface area contributed by atoms with Crippen LogP contribution in [0.15, 0.2) is 12.4 Å². The van der Waals surface area contributed by atoms with Gasteiger partial charge in [0.15, 0.2) is 0 Å². The summed E-state index contributed by atoms with van der Waals surface area (Å²) in [5, 5.41) is 0. The molecule has 0 aromatic carbocycles. The number of rotatable bonds is 6. The van der Waals surface area contributed by atoms with Crippen molar-refractivity contribution in [3.05, 3.63) is 12.4 Å². The molecule has 0 N–H and O–H groups in total. The Kier molecular flexibility index (Phi) is 21.6. The predicted molar refractivity (Wildman–Crippen MR) is 71.0 cm³/mol. The van der Waals surface area contributed by atoms with Gasteiger partial charge in [0.05, 0.1) is 14.2 Å². The molecule has 0 saturated carbocycles. The van der Waals surface area contributed by atoms with Crippen LogP contribution in [0.25, 0.3) is 0 Å². The van der Waals surface area contributed by atoms with Crippen LogP contribution in [0.5, 0.6) is 0 Å². The van der Waals surface area contributed by atoms with E-state index in [2.05, 4.69) is 29.4 Å². The molecular weight excluding hydrogens is 282 g/mol. The van der Waals surface area contributed by atoms with Crippen molar-refractivity contribution in [2.75, 3.05) is 42.2 Å². The summed E-state index contributed by atoms with van der Waals surface area (Å²) in [6, 6.07) is 0. The van der Waals surface area contributed by atoms with Gasteiger partial charge in [-0.2, -0.15) is 0 Å². The highest BCUT2D eigenvalue weighted by molar-refractivity contribution is 7.57. The van der Waals surface area contributed by atoms with Gasteiger partial charge in [0.25, 0.3) is 0 Å². The minimum atomic E-state index is -2.90. The highest BCUT2D eigenvalue weighted by Crippen LogP contribution is 2.46. The first kappa shape index (κ1) is 23.0. The van der Waals surface area contributed by atoms with Crippen LogP contribution in [0.1, 0.15) is 6.92 Å². The zero-order valence-electron chi connectivity index (χ0n) is 11.7. The molecule has 0 fully saturated rings. The molecule has 0 rings (SSSR count). The summed E-state index contributed by atoms with van der Waals surface area (Å²) in [6.45, 7) is 6.04. The first-order valence-electron chi connectivity index (χ1n) is 4.80. The standard InChI is InChI=1S/C4H9O3P.C3H8O.C2H6O3P/c1-4-8(5,6-2)7-3;1-3-4-2;1-4-6(3)5-2/h4H,1H2,2-3H3;3H2,1-2H3;1-2H3/q;;+1. The van der Waals surface area contributed by atoms with Crippen molar-refractivity contribution in [1.29, 1.82) is 0 Å². The summed E-state index contributed by atoms with van der Waals surface area (Å²) >= 11 is 0. The summed E-state index contributed by atoms with van der Waals surface area (Å²) in [6.07, 6.45) is 0. The van der Waals surface area contributed by atoms with E-state index in [1.165, 1.54) is 28.4 Å².